The number of hydrogen-bond acceptors (Lipinski definition) is 7. The largest absolute Gasteiger partial charge is 0.472 e. The number of rotatable bonds is 6. The van der Waals surface area contributed by atoms with E-state index >= 15 is 0 Å². The fourth-order valence-corrected chi connectivity index (χ4v) is 4.26. The molecule has 0 saturated carbocycles. The number of ether oxygens (including phenoxy) is 1. The number of Topliss-reactive ketones (excluding diaryl/α,β-unsaturated/α-hetero) is 1. The van der Waals surface area contributed by atoms with Crippen LogP contribution in [0.3, 0.4) is 0 Å². The number of dihydropyridines is 1. The lowest BCUT2D eigenvalue weighted by Gasteiger charge is -2.22. The highest BCUT2D eigenvalue weighted by atomic mass is 35.5. The van der Waals surface area contributed by atoms with E-state index in [1.165, 1.54) is 0 Å². The van der Waals surface area contributed by atoms with Crippen LogP contribution in [0.4, 0.5) is 0 Å². The van der Waals surface area contributed by atoms with E-state index in [0.717, 1.165) is 35.5 Å². The van der Waals surface area contributed by atoms with Crippen LogP contribution >= 0.6 is 11.6 Å². The maximum absolute atomic E-state index is 11.8. The van der Waals surface area contributed by atoms with E-state index in [2.05, 4.69) is 20.4 Å². The molecule has 0 bridgehead atoms. The zero-order valence-electron chi connectivity index (χ0n) is 18.3. The second-order valence-corrected chi connectivity index (χ2v) is 8.20. The first-order valence-electron chi connectivity index (χ1n) is 10.4. The van der Waals surface area contributed by atoms with Crippen LogP contribution in [0.25, 0.3) is 11.1 Å². The summed E-state index contributed by atoms with van der Waals surface area (Å²) in [7, 11) is 1.61. The maximum atomic E-state index is 11.8. The van der Waals surface area contributed by atoms with Gasteiger partial charge in [0, 0.05) is 49.7 Å². The van der Waals surface area contributed by atoms with E-state index in [1.807, 2.05) is 30.9 Å². The fraction of sp³-hybridized carbons (Fsp3) is 0.409. The molecule has 1 fully saturated rings. The van der Waals surface area contributed by atoms with Crippen LogP contribution in [0.2, 0.25) is 0 Å². The summed E-state index contributed by atoms with van der Waals surface area (Å²) in [6.07, 6.45) is 4.06. The number of likely N-dealkylation sites (tertiary alicyclic amines) is 1. The van der Waals surface area contributed by atoms with E-state index < -0.39 is 0 Å². The lowest BCUT2D eigenvalue weighted by atomic mass is 10.1. The standard InChI is InChI=1S/C22H25ClN6O3/c1-13-21(14(2)29(27-13)12-19(31)24-3)15-4-6-26-20(8-15)32-16-5-7-28(11-16)17-9-25-10-18(30)22(17)23/h4,6,8-9,16H,5,7,10-12H2,1-3H3,(H,24,31)/t16-/m1/s1. The Morgan fingerprint density at radius 1 is 1.38 bits per heavy atom. The van der Waals surface area contributed by atoms with Crippen molar-refractivity contribution in [1.82, 2.24) is 25.0 Å². The molecule has 2 aliphatic heterocycles. The molecule has 4 heterocycles. The molecule has 0 unspecified atom stereocenters. The highest BCUT2D eigenvalue weighted by molar-refractivity contribution is 6.44. The highest BCUT2D eigenvalue weighted by Gasteiger charge is 2.29. The van der Waals surface area contributed by atoms with Crippen LogP contribution < -0.4 is 10.1 Å². The van der Waals surface area contributed by atoms with Gasteiger partial charge in [0.05, 0.1) is 17.9 Å². The Balaban J connectivity index is 1.49. The maximum Gasteiger partial charge on any atom is 0.241 e. The summed E-state index contributed by atoms with van der Waals surface area (Å²) in [5.74, 6) is 0.248. The number of halogens is 1. The molecule has 0 aromatic carbocycles. The number of ketones is 1. The molecule has 10 heteroatoms. The van der Waals surface area contributed by atoms with Gasteiger partial charge in [-0.05, 0) is 25.5 Å². The molecule has 0 spiro atoms. The number of likely N-dealkylation sites (N-methyl/N-ethyl adjacent to an activating group) is 1. The van der Waals surface area contributed by atoms with Crippen LogP contribution in [-0.4, -0.2) is 70.4 Å². The van der Waals surface area contributed by atoms with Crippen LogP contribution in [0.1, 0.15) is 17.8 Å². The second kappa shape index (κ2) is 9.12. The number of aryl methyl sites for hydroxylation is 1. The van der Waals surface area contributed by atoms with Crippen molar-refractivity contribution in [2.24, 2.45) is 4.99 Å². The van der Waals surface area contributed by atoms with Gasteiger partial charge in [-0.2, -0.15) is 5.10 Å². The summed E-state index contributed by atoms with van der Waals surface area (Å²) in [5.41, 5.74) is 4.28. The van der Waals surface area contributed by atoms with Gasteiger partial charge in [-0.15, -0.1) is 0 Å². The number of aliphatic imine (C=N–C) groups is 1. The molecule has 32 heavy (non-hydrogen) atoms. The smallest absolute Gasteiger partial charge is 0.241 e. The molecule has 9 nitrogen and oxygen atoms in total. The molecular weight excluding hydrogens is 432 g/mol. The molecule has 1 saturated heterocycles. The third-order valence-electron chi connectivity index (χ3n) is 5.67. The Labute approximate surface area is 191 Å². The zero-order valence-corrected chi connectivity index (χ0v) is 19.0. The van der Waals surface area contributed by atoms with Crippen molar-refractivity contribution in [3.05, 3.63) is 40.4 Å². The zero-order chi connectivity index (χ0) is 22.8. The number of nitrogens with one attached hydrogen (secondary N) is 1. The number of amides is 1. The molecule has 0 radical (unpaired) electrons. The van der Waals surface area contributed by atoms with Crippen molar-refractivity contribution in [2.45, 2.75) is 32.9 Å². The Morgan fingerprint density at radius 2 is 2.19 bits per heavy atom. The van der Waals surface area contributed by atoms with Crippen molar-refractivity contribution in [1.29, 1.82) is 0 Å². The minimum absolute atomic E-state index is 0.0849. The number of hydrogen-bond donors (Lipinski definition) is 1. The van der Waals surface area contributed by atoms with E-state index in [9.17, 15) is 9.59 Å². The van der Waals surface area contributed by atoms with Gasteiger partial charge in [0.25, 0.3) is 0 Å². The first-order chi connectivity index (χ1) is 15.4. The summed E-state index contributed by atoms with van der Waals surface area (Å²) in [4.78, 5) is 34.1. The van der Waals surface area contributed by atoms with Crippen molar-refractivity contribution in [2.75, 3.05) is 26.7 Å². The molecule has 2 aliphatic rings. The third kappa shape index (κ3) is 4.38. The van der Waals surface area contributed by atoms with Crippen molar-refractivity contribution in [3.63, 3.8) is 0 Å². The summed E-state index contributed by atoms with van der Waals surface area (Å²) < 4.78 is 7.85. The topological polar surface area (TPSA) is 102 Å². The van der Waals surface area contributed by atoms with Crippen LogP contribution in [0, 0.1) is 13.8 Å². The molecule has 2 aromatic rings. The number of carbonyl (C=O) groups is 2. The number of carbonyl (C=O) groups excluding carboxylic acids is 2. The van der Waals surface area contributed by atoms with E-state index in [0.29, 0.717) is 18.1 Å². The van der Waals surface area contributed by atoms with Crippen LogP contribution in [0.5, 0.6) is 5.88 Å². The van der Waals surface area contributed by atoms with Crippen LogP contribution in [-0.2, 0) is 16.1 Å². The molecule has 1 N–H and O–H groups in total. The number of aromatic nitrogens is 3. The normalized spacial score (nSPS) is 18.4. The van der Waals surface area contributed by atoms with Crippen molar-refractivity contribution < 1.29 is 14.3 Å². The lowest BCUT2D eigenvalue weighted by molar-refractivity contribution is -0.121. The Bertz CT molecular complexity index is 1120. The van der Waals surface area contributed by atoms with Gasteiger partial charge in [-0.1, -0.05) is 11.6 Å². The molecular formula is C22H25ClN6O3. The molecule has 4 rings (SSSR count). The molecule has 0 aliphatic carbocycles. The lowest BCUT2D eigenvalue weighted by Crippen LogP contribution is -2.28. The Hall–Kier alpha value is -3.20. The van der Waals surface area contributed by atoms with Crippen molar-refractivity contribution >= 4 is 29.5 Å². The van der Waals surface area contributed by atoms with E-state index in [4.69, 9.17) is 16.3 Å². The molecule has 1 amide bonds. The summed E-state index contributed by atoms with van der Waals surface area (Å²) in [6.45, 7) is 5.45. The van der Waals surface area contributed by atoms with Gasteiger partial charge < -0.3 is 15.0 Å². The minimum Gasteiger partial charge on any atom is -0.472 e. The van der Waals surface area contributed by atoms with Gasteiger partial charge in [0.2, 0.25) is 11.8 Å². The SMILES string of the molecule is CNC(=O)Cn1nc(C)c(-c2ccnc(O[C@@H]3CCN(C4=C(Cl)C(=O)CN=C4)C3)c2)c1C. The van der Waals surface area contributed by atoms with E-state index in [1.54, 1.807) is 24.1 Å². The molecule has 168 valence electrons. The van der Waals surface area contributed by atoms with Gasteiger partial charge in [0.1, 0.15) is 24.2 Å². The average Bonchev–Trinajstić information content (AvgIpc) is 3.34. The second-order valence-electron chi connectivity index (χ2n) is 7.83. The predicted molar refractivity (Wildman–Crippen MR) is 121 cm³/mol. The first-order valence-corrected chi connectivity index (χ1v) is 10.8. The summed E-state index contributed by atoms with van der Waals surface area (Å²) >= 11 is 6.19. The Morgan fingerprint density at radius 3 is 2.97 bits per heavy atom. The molecule has 1 atom stereocenters. The van der Waals surface area contributed by atoms with Crippen LogP contribution in [0.15, 0.2) is 34.1 Å². The Kier molecular flexibility index (Phi) is 6.27. The first kappa shape index (κ1) is 22.0. The summed E-state index contributed by atoms with van der Waals surface area (Å²) in [5, 5.41) is 7.37. The number of nitrogens with zero attached hydrogens (tertiary/aromatic N) is 5. The van der Waals surface area contributed by atoms with E-state index in [-0.39, 0.29) is 35.9 Å². The van der Waals surface area contributed by atoms with Gasteiger partial charge in [-0.25, -0.2) is 4.98 Å². The van der Waals surface area contributed by atoms with Gasteiger partial charge in [-0.3, -0.25) is 19.3 Å². The quantitative estimate of drug-likeness (QED) is 0.712. The average molecular weight is 457 g/mol. The van der Waals surface area contributed by atoms with Crippen molar-refractivity contribution in [3.8, 4) is 17.0 Å². The monoisotopic (exact) mass is 456 g/mol. The van der Waals surface area contributed by atoms with Gasteiger partial charge >= 0.3 is 0 Å². The fourth-order valence-electron chi connectivity index (χ4n) is 4.03. The third-order valence-corrected chi connectivity index (χ3v) is 6.07. The molecule has 2 aromatic heterocycles. The highest BCUT2D eigenvalue weighted by Crippen LogP contribution is 2.30. The number of allylic oxidation sites excluding steroid dienone is 1. The van der Waals surface area contributed by atoms with Gasteiger partial charge in [0.15, 0.2) is 5.78 Å². The summed E-state index contributed by atoms with van der Waals surface area (Å²) in [6, 6.07) is 3.80. The minimum atomic E-state index is -0.161. The predicted octanol–water partition coefficient (Wildman–Crippen LogP) is 1.86. The number of pyridine rings is 1.